The van der Waals surface area contributed by atoms with Crippen LogP contribution in [0.4, 0.5) is 23.3 Å². The Morgan fingerprint density at radius 2 is 1.97 bits per heavy atom. The van der Waals surface area contributed by atoms with Gasteiger partial charge in [0.1, 0.15) is 11.6 Å². The zero-order chi connectivity index (χ0) is 20.2. The van der Waals surface area contributed by atoms with Crippen molar-refractivity contribution in [3.63, 3.8) is 0 Å². The van der Waals surface area contributed by atoms with Gasteiger partial charge < -0.3 is 20.7 Å². The van der Waals surface area contributed by atoms with E-state index >= 15 is 0 Å². The number of nitrogen functional groups attached to an aromatic ring is 1. The van der Waals surface area contributed by atoms with E-state index in [1.807, 2.05) is 30.3 Å². The molecule has 3 aromatic rings. The summed E-state index contributed by atoms with van der Waals surface area (Å²) in [5.41, 5.74) is 8.72. The lowest BCUT2D eigenvalue weighted by Crippen LogP contribution is -2.37. The topological polar surface area (TPSA) is 106 Å². The molecule has 1 aliphatic heterocycles. The number of rotatable bonds is 5. The number of hydrogen-bond donors (Lipinski definition) is 2. The molecule has 1 saturated heterocycles. The zero-order valence-electron chi connectivity index (χ0n) is 16.1. The Labute approximate surface area is 168 Å². The van der Waals surface area contributed by atoms with Gasteiger partial charge >= 0.3 is 0 Å². The average Bonchev–Trinajstić information content (AvgIpc) is 2.75. The fraction of sp³-hybridized carbons (Fsp3) is 0.238. The number of nitrogens with one attached hydrogen (secondary N) is 1. The van der Waals surface area contributed by atoms with Gasteiger partial charge in [0.15, 0.2) is 5.78 Å². The van der Waals surface area contributed by atoms with Crippen LogP contribution in [-0.4, -0.2) is 47.0 Å². The highest BCUT2D eigenvalue weighted by Crippen LogP contribution is 2.26. The van der Waals surface area contributed by atoms with Gasteiger partial charge in [-0.3, -0.25) is 4.79 Å². The smallest absolute Gasteiger partial charge is 0.228 e. The Kier molecular flexibility index (Phi) is 5.35. The number of carbonyl (C=O) groups is 1. The van der Waals surface area contributed by atoms with E-state index in [9.17, 15) is 4.79 Å². The molecule has 3 heterocycles. The van der Waals surface area contributed by atoms with E-state index in [1.54, 1.807) is 25.3 Å². The number of ether oxygens (including phenoxy) is 1. The number of benzene rings is 1. The number of aromatic nitrogens is 3. The summed E-state index contributed by atoms with van der Waals surface area (Å²) in [7, 11) is 0. The molecular weight excluding hydrogens is 368 g/mol. The molecule has 0 atom stereocenters. The van der Waals surface area contributed by atoms with E-state index in [2.05, 4.69) is 20.2 Å². The number of nitrogens with zero attached hydrogens (tertiary/aromatic N) is 4. The minimum absolute atomic E-state index is 0.0129. The van der Waals surface area contributed by atoms with Crippen molar-refractivity contribution in [2.24, 2.45) is 0 Å². The summed E-state index contributed by atoms with van der Waals surface area (Å²) in [6.07, 6.45) is 1.70. The first-order chi connectivity index (χ1) is 14.1. The minimum Gasteiger partial charge on any atom is -0.384 e. The molecule has 8 heteroatoms. The fourth-order valence-corrected chi connectivity index (χ4v) is 3.07. The normalized spacial score (nSPS) is 13.9. The first-order valence-electron chi connectivity index (χ1n) is 9.40. The predicted octanol–water partition coefficient (Wildman–Crippen LogP) is 2.90. The van der Waals surface area contributed by atoms with Crippen molar-refractivity contribution in [3.8, 4) is 11.3 Å². The summed E-state index contributed by atoms with van der Waals surface area (Å²) in [4.78, 5) is 27.4. The van der Waals surface area contributed by atoms with Crippen molar-refractivity contribution in [2.75, 3.05) is 42.3 Å². The van der Waals surface area contributed by atoms with E-state index in [-0.39, 0.29) is 5.78 Å². The summed E-state index contributed by atoms with van der Waals surface area (Å²) in [6.45, 7) is 4.28. The monoisotopic (exact) mass is 390 g/mol. The second-order valence-corrected chi connectivity index (χ2v) is 6.77. The Morgan fingerprint density at radius 3 is 2.69 bits per heavy atom. The van der Waals surface area contributed by atoms with Crippen molar-refractivity contribution < 1.29 is 9.53 Å². The third-order valence-corrected chi connectivity index (χ3v) is 4.63. The molecule has 1 aliphatic rings. The standard InChI is InChI=1S/C21H22N6O2/c1-14(28)15-3-2-4-17(11-15)24-20-12-18(16-5-6-19(22)23-13-16)25-21(26-20)27-7-9-29-10-8-27/h2-6,11-13H,7-10H2,1H3,(H2,22,23)(H,24,25,26). The van der Waals surface area contributed by atoms with Crippen molar-refractivity contribution in [1.82, 2.24) is 15.0 Å². The molecule has 0 aliphatic carbocycles. The van der Waals surface area contributed by atoms with E-state index in [1.165, 1.54) is 0 Å². The molecule has 0 spiro atoms. The Balaban J connectivity index is 1.71. The first kappa shape index (κ1) is 18.8. The molecule has 2 aromatic heterocycles. The Morgan fingerprint density at radius 1 is 1.14 bits per heavy atom. The molecular formula is C21H22N6O2. The van der Waals surface area contributed by atoms with Crippen LogP contribution >= 0.6 is 0 Å². The summed E-state index contributed by atoms with van der Waals surface area (Å²) in [5, 5.41) is 3.29. The van der Waals surface area contributed by atoms with Crippen molar-refractivity contribution in [3.05, 3.63) is 54.2 Å². The van der Waals surface area contributed by atoms with Crippen LogP contribution in [0, 0.1) is 0 Å². The molecule has 0 saturated carbocycles. The zero-order valence-corrected chi connectivity index (χ0v) is 16.1. The van der Waals surface area contributed by atoms with Gasteiger partial charge in [0.05, 0.1) is 18.9 Å². The number of pyridine rings is 1. The van der Waals surface area contributed by atoms with E-state index < -0.39 is 0 Å². The molecule has 4 rings (SSSR count). The minimum atomic E-state index is 0.0129. The maximum Gasteiger partial charge on any atom is 0.228 e. The number of anilines is 4. The SMILES string of the molecule is CC(=O)c1cccc(Nc2cc(-c3ccc(N)nc3)nc(N3CCOCC3)n2)c1. The highest BCUT2D eigenvalue weighted by molar-refractivity contribution is 5.95. The molecule has 8 nitrogen and oxygen atoms in total. The molecule has 0 unspecified atom stereocenters. The van der Waals surface area contributed by atoms with Gasteiger partial charge in [-0.2, -0.15) is 4.98 Å². The van der Waals surface area contributed by atoms with Gasteiger partial charge in [0.25, 0.3) is 0 Å². The Hall–Kier alpha value is -3.52. The van der Waals surface area contributed by atoms with Gasteiger partial charge in [-0.05, 0) is 31.2 Å². The summed E-state index contributed by atoms with van der Waals surface area (Å²) in [5.74, 6) is 1.72. The first-order valence-corrected chi connectivity index (χ1v) is 9.40. The second kappa shape index (κ2) is 8.24. The van der Waals surface area contributed by atoms with Gasteiger partial charge in [-0.1, -0.05) is 12.1 Å². The maximum absolute atomic E-state index is 11.7. The summed E-state index contributed by atoms with van der Waals surface area (Å²) < 4.78 is 5.44. The molecule has 148 valence electrons. The largest absolute Gasteiger partial charge is 0.384 e. The van der Waals surface area contributed by atoms with Crippen LogP contribution in [0.15, 0.2) is 48.7 Å². The predicted molar refractivity (Wildman–Crippen MR) is 112 cm³/mol. The van der Waals surface area contributed by atoms with Gasteiger partial charge in [-0.15, -0.1) is 0 Å². The third kappa shape index (κ3) is 4.49. The fourth-order valence-electron chi connectivity index (χ4n) is 3.07. The van der Waals surface area contributed by atoms with E-state index in [0.29, 0.717) is 36.4 Å². The highest BCUT2D eigenvalue weighted by atomic mass is 16.5. The molecule has 1 aromatic carbocycles. The molecule has 0 bridgehead atoms. The van der Waals surface area contributed by atoms with Crippen molar-refractivity contribution in [1.29, 1.82) is 0 Å². The number of hydrogen-bond acceptors (Lipinski definition) is 8. The lowest BCUT2D eigenvalue weighted by molar-refractivity contribution is 0.101. The van der Waals surface area contributed by atoms with Crippen molar-refractivity contribution >= 4 is 29.1 Å². The van der Waals surface area contributed by atoms with E-state index in [4.69, 9.17) is 15.5 Å². The van der Waals surface area contributed by atoms with Gasteiger partial charge in [0.2, 0.25) is 5.95 Å². The average molecular weight is 390 g/mol. The van der Waals surface area contributed by atoms with Crippen LogP contribution in [-0.2, 0) is 4.74 Å². The number of morpholine rings is 1. The number of carbonyl (C=O) groups excluding carboxylic acids is 1. The molecule has 1 fully saturated rings. The third-order valence-electron chi connectivity index (χ3n) is 4.63. The summed E-state index contributed by atoms with van der Waals surface area (Å²) in [6, 6.07) is 12.8. The van der Waals surface area contributed by atoms with Crippen LogP contribution in [0.5, 0.6) is 0 Å². The van der Waals surface area contributed by atoms with Crippen LogP contribution < -0.4 is 16.0 Å². The number of nitrogens with two attached hydrogens (primary N) is 1. The lowest BCUT2D eigenvalue weighted by Gasteiger charge is -2.27. The van der Waals surface area contributed by atoms with E-state index in [0.717, 1.165) is 30.0 Å². The lowest BCUT2D eigenvalue weighted by atomic mass is 10.1. The molecule has 0 radical (unpaired) electrons. The molecule has 29 heavy (non-hydrogen) atoms. The molecule has 3 N–H and O–H groups in total. The van der Waals surface area contributed by atoms with Crippen LogP contribution in [0.1, 0.15) is 17.3 Å². The second-order valence-electron chi connectivity index (χ2n) is 6.77. The quantitative estimate of drug-likeness (QED) is 0.641. The summed E-state index contributed by atoms with van der Waals surface area (Å²) >= 11 is 0. The Bertz CT molecular complexity index is 1020. The molecule has 0 amide bonds. The van der Waals surface area contributed by atoms with Crippen LogP contribution in [0.2, 0.25) is 0 Å². The van der Waals surface area contributed by atoms with Crippen LogP contribution in [0.25, 0.3) is 11.3 Å². The maximum atomic E-state index is 11.7. The number of ketones is 1. The van der Waals surface area contributed by atoms with Crippen molar-refractivity contribution in [2.45, 2.75) is 6.92 Å². The highest BCUT2D eigenvalue weighted by Gasteiger charge is 2.17. The van der Waals surface area contributed by atoms with Crippen LogP contribution in [0.3, 0.4) is 0 Å². The number of Topliss-reactive ketones (excluding diaryl/α,β-unsaturated/α-hetero) is 1. The van der Waals surface area contributed by atoms with Gasteiger partial charge in [0, 0.05) is 42.2 Å². The van der Waals surface area contributed by atoms with Gasteiger partial charge in [-0.25, -0.2) is 9.97 Å².